The molecule has 0 amide bonds. The lowest BCUT2D eigenvalue weighted by molar-refractivity contribution is -0.0286. The van der Waals surface area contributed by atoms with E-state index in [9.17, 15) is 0 Å². The third-order valence-corrected chi connectivity index (χ3v) is 4.83. The lowest BCUT2D eigenvalue weighted by Gasteiger charge is -2.35. The van der Waals surface area contributed by atoms with Crippen molar-refractivity contribution in [3.63, 3.8) is 0 Å². The van der Waals surface area contributed by atoms with Crippen LogP contribution in [0.15, 0.2) is 12.1 Å². The summed E-state index contributed by atoms with van der Waals surface area (Å²) in [4.78, 5) is 2.79. The fourth-order valence-corrected chi connectivity index (χ4v) is 2.91. The van der Waals surface area contributed by atoms with E-state index in [0.29, 0.717) is 0 Å². The number of ether oxygens (including phenoxy) is 1. The van der Waals surface area contributed by atoms with Crippen LogP contribution in [0.1, 0.15) is 36.9 Å². The summed E-state index contributed by atoms with van der Waals surface area (Å²) in [6.07, 6.45) is 2.95. The van der Waals surface area contributed by atoms with Crippen LogP contribution in [0.2, 0.25) is 0 Å². The maximum atomic E-state index is 5.67. The Morgan fingerprint density at radius 3 is 2.47 bits per heavy atom. The molecule has 1 aromatic heterocycles. The van der Waals surface area contributed by atoms with E-state index in [2.05, 4.69) is 38.3 Å². The second-order valence-electron chi connectivity index (χ2n) is 4.52. The topological polar surface area (TPSA) is 47.3 Å². The van der Waals surface area contributed by atoms with Gasteiger partial charge in [-0.1, -0.05) is 13.8 Å². The fourth-order valence-electron chi connectivity index (χ4n) is 1.91. The highest BCUT2D eigenvalue weighted by Crippen LogP contribution is 2.25. The van der Waals surface area contributed by atoms with Gasteiger partial charge in [0.2, 0.25) is 0 Å². The minimum atomic E-state index is -0.217. The van der Waals surface area contributed by atoms with E-state index >= 15 is 0 Å². The van der Waals surface area contributed by atoms with Gasteiger partial charge in [0.25, 0.3) is 0 Å². The molecule has 3 N–H and O–H groups in total. The number of rotatable bonds is 7. The van der Waals surface area contributed by atoms with Gasteiger partial charge >= 0.3 is 0 Å². The van der Waals surface area contributed by atoms with Crippen molar-refractivity contribution in [2.45, 2.75) is 51.7 Å². The first-order chi connectivity index (χ1) is 8.09. The van der Waals surface area contributed by atoms with Gasteiger partial charge in [0.1, 0.15) is 0 Å². The fraction of sp³-hybridized carbons (Fsp3) is 0.692. The van der Waals surface area contributed by atoms with E-state index in [-0.39, 0.29) is 11.6 Å². The molecule has 0 aliphatic rings. The second-order valence-corrected chi connectivity index (χ2v) is 5.77. The molecule has 17 heavy (non-hydrogen) atoms. The number of aryl methyl sites for hydroxylation is 1. The first-order valence-corrected chi connectivity index (χ1v) is 7.00. The van der Waals surface area contributed by atoms with Crippen LogP contribution in [-0.4, -0.2) is 18.8 Å². The van der Waals surface area contributed by atoms with E-state index in [1.807, 2.05) is 11.3 Å². The van der Waals surface area contributed by atoms with Crippen LogP contribution >= 0.6 is 11.3 Å². The summed E-state index contributed by atoms with van der Waals surface area (Å²) in [6.45, 7) is 6.41. The number of nitrogens with two attached hydrogens (primary N) is 1. The molecule has 0 bridgehead atoms. The maximum Gasteiger partial charge on any atom is 0.0817 e. The molecule has 0 saturated heterocycles. The van der Waals surface area contributed by atoms with Gasteiger partial charge < -0.3 is 4.74 Å². The highest BCUT2D eigenvalue weighted by Gasteiger charge is 2.32. The molecule has 1 rings (SSSR count). The molecular formula is C13H24N2OS. The largest absolute Gasteiger partial charge is 0.377 e. The predicted octanol–water partition coefficient (Wildman–Crippen LogP) is 2.50. The van der Waals surface area contributed by atoms with Gasteiger partial charge in [0, 0.05) is 23.3 Å². The Bertz CT molecular complexity index is 334. The second kappa shape index (κ2) is 6.50. The predicted molar refractivity (Wildman–Crippen MR) is 74.2 cm³/mol. The van der Waals surface area contributed by atoms with E-state index in [4.69, 9.17) is 10.6 Å². The van der Waals surface area contributed by atoms with E-state index in [1.165, 1.54) is 9.75 Å². The number of nitrogens with one attached hydrogen (secondary N) is 1. The van der Waals surface area contributed by atoms with Crippen molar-refractivity contribution in [3.05, 3.63) is 21.9 Å². The zero-order valence-corrected chi connectivity index (χ0v) is 12.1. The molecular weight excluding hydrogens is 232 g/mol. The van der Waals surface area contributed by atoms with Crippen molar-refractivity contribution < 1.29 is 4.74 Å². The molecule has 4 heteroatoms. The van der Waals surface area contributed by atoms with Crippen molar-refractivity contribution in [2.75, 3.05) is 7.11 Å². The molecule has 0 aromatic carbocycles. The molecule has 0 radical (unpaired) electrons. The van der Waals surface area contributed by atoms with Crippen molar-refractivity contribution in [3.8, 4) is 0 Å². The SMILES string of the molecule is CCc1ccc(CC(NN)C(C)(CC)OC)s1. The van der Waals surface area contributed by atoms with Crippen LogP contribution in [0.5, 0.6) is 0 Å². The lowest BCUT2D eigenvalue weighted by atomic mass is 9.91. The van der Waals surface area contributed by atoms with Crippen LogP contribution in [0, 0.1) is 0 Å². The zero-order valence-electron chi connectivity index (χ0n) is 11.2. The van der Waals surface area contributed by atoms with Gasteiger partial charge in [0.15, 0.2) is 0 Å². The third kappa shape index (κ3) is 3.52. The van der Waals surface area contributed by atoms with Crippen LogP contribution < -0.4 is 11.3 Å². The van der Waals surface area contributed by atoms with Crippen LogP contribution in [-0.2, 0) is 17.6 Å². The number of methoxy groups -OCH3 is 1. The average molecular weight is 256 g/mol. The molecule has 0 aliphatic carbocycles. The van der Waals surface area contributed by atoms with Crippen molar-refractivity contribution in [2.24, 2.45) is 5.84 Å². The number of hydrazine groups is 1. The molecule has 0 spiro atoms. The van der Waals surface area contributed by atoms with Crippen LogP contribution in [0.4, 0.5) is 0 Å². The highest BCUT2D eigenvalue weighted by atomic mass is 32.1. The number of hydrogen-bond acceptors (Lipinski definition) is 4. The summed E-state index contributed by atoms with van der Waals surface area (Å²) in [7, 11) is 1.75. The summed E-state index contributed by atoms with van der Waals surface area (Å²) in [6, 6.07) is 4.53. The van der Waals surface area contributed by atoms with Gasteiger partial charge in [-0.15, -0.1) is 11.3 Å². The van der Waals surface area contributed by atoms with Crippen LogP contribution in [0.25, 0.3) is 0 Å². The van der Waals surface area contributed by atoms with E-state index < -0.39 is 0 Å². The molecule has 0 fully saturated rings. The number of thiophene rings is 1. The van der Waals surface area contributed by atoms with E-state index in [1.54, 1.807) is 7.11 Å². The first kappa shape index (κ1) is 14.6. The van der Waals surface area contributed by atoms with E-state index in [0.717, 1.165) is 19.3 Å². The molecule has 1 aromatic rings. The highest BCUT2D eigenvalue weighted by molar-refractivity contribution is 7.11. The van der Waals surface area contributed by atoms with Crippen molar-refractivity contribution >= 4 is 11.3 Å². The third-order valence-electron chi connectivity index (χ3n) is 3.58. The van der Waals surface area contributed by atoms with Gasteiger partial charge in [-0.05, 0) is 31.9 Å². The Labute approximate surface area is 108 Å². The smallest absolute Gasteiger partial charge is 0.0817 e. The quantitative estimate of drug-likeness (QED) is 0.582. The monoisotopic (exact) mass is 256 g/mol. The maximum absolute atomic E-state index is 5.67. The zero-order chi connectivity index (χ0) is 12.9. The van der Waals surface area contributed by atoms with Gasteiger partial charge in [-0.2, -0.15) is 0 Å². The standard InChI is InChI=1S/C13H24N2OS/c1-5-10-7-8-11(17-10)9-12(15-14)13(3,6-2)16-4/h7-8,12,15H,5-6,9,14H2,1-4H3. The molecule has 3 nitrogen and oxygen atoms in total. The molecule has 0 saturated carbocycles. The molecule has 0 aliphatic heterocycles. The summed E-state index contributed by atoms with van der Waals surface area (Å²) >= 11 is 1.86. The summed E-state index contributed by atoms with van der Waals surface area (Å²) in [5.41, 5.74) is 2.68. The summed E-state index contributed by atoms with van der Waals surface area (Å²) in [5, 5.41) is 0. The lowest BCUT2D eigenvalue weighted by Crippen LogP contribution is -2.53. The summed E-state index contributed by atoms with van der Waals surface area (Å²) < 4.78 is 5.61. The molecule has 98 valence electrons. The first-order valence-electron chi connectivity index (χ1n) is 6.18. The van der Waals surface area contributed by atoms with Gasteiger partial charge in [-0.25, -0.2) is 0 Å². The molecule has 2 unspecified atom stereocenters. The number of hydrogen-bond donors (Lipinski definition) is 2. The molecule has 2 atom stereocenters. The van der Waals surface area contributed by atoms with Crippen molar-refractivity contribution in [1.82, 2.24) is 5.43 Å². The van der Waals surface area contributed by atoms with Gasteiger partial charge in [-0.3, -0.25) is 11.3 Å². The normalized spacial score (nSPS) is 16.8. The minimum Gasteiger partial charge on any atom is -0.377 e. The Balaban J connectivity index is 2.75. The van der Waals surface area contributed by atoms with Crippen LogP contribution in [0.3, 0.4) is 0 Å². The Morgan fingerprint density at radius 2 is 2.06 bits per heavy atom. The van der Waals surface area contributed by atoms with Gasteiger partial charge in [0.05, 0.1) is 11.6 Å². The van der Waals surface area contributed by atoms with Crippen molar-refractivity contribution in [1.29, 1.82) is 0 Å². The Morgan fingerprint density at radius 1 is 1.41 bits per heavy atom. The Kier molecular flexibility index (Phi) is 5.59. The molecule has 1 heterocycles. The Hall–Kier alpha value is -0.420. The average Bonchev–Trinajstić information content (AvgIpc) is 2.82. The minimum absolute atomic E-state index is 0.140. The summed E-state index contributed by atoms with van der Waals surface area (Å²) in [5.74, 6) is 5.67.